The van der Waals surface area contributed by atoms with Gasteiger partial charge in [-0.1, -0.05) is 6.42 Å². The number of hydrogen-bond donors (Lipinski definition) is 1. The van der Waals surface area contributed by atoms with E-state index in [0.717, 1.165) is 12.3 Å². The van der Waals surface area contributed by atoms with Crippen LogP contribution in [0.3, 0.4) is 0 Å². The van der Waals surface area contributed by atoms with Crippen LogP contribution in [0.5, 0.6) is 0 Å². The Labute approximate surface area is 155 Å². The fourth-order valence-corrected chi connectivity index (χ4v) is 5.98. The molecule has 148 valence electrons. The highest BCUT2D eigenvalue weighted by Crippen LogP contribution is 2.49. The van der Waals surface area contributed by atoms with Crippen LogP contribution < -0.4 is 4.72 Å². The van der Waals surface area contributed by atoms with Crippen molar-refractivity contribution >= 4 is 22.0 Å². The van der Waals surface area contributed by atoms with Gasteiger partial charge in [0, 0.05) is 19.5 Å². The minimum atomic E-state index is -3.77. The van der Waals surface area contributed by atoms with Crippen molar-refractivity contribution in [3.05, 3.63) is 0 Å². The van der Waals surface area contributed by atoms with Crippen LogP contribution in [0.25, 0.3) is 0 Å². The van der Waals surface area contributed by atoms with Gasteiger partial charge in [0.2, 0.25) is 15.9 Å². The summed E-state index contributed by atoms with van der Waals surface area (Å²) in [5, 5.41) is -0.765. The molecule has 0 aromatic heterocycles. The van der Waals surface area contributed by atoms with E-state index in [1.807, 2.05) is 0 Å². The minimum Gasteiger partial charge on any atom is -0.444 e. The summed E-state index contributed by atoms with van der Waals surface area (Å²) in [4.78, 5) is 25.7. The normalized spacial score (nSPS) is 31.3. The van der Waals surface area contributed by atoms with Crippen molar-refractivity contribution in [3.63, 3.8) is 0 Å². The standard InChI is InChI=1S/C18H30N2O5S/c1-18(2,3)25-17(22)20-7-6-15(11-20)26(23,24)19-16(21)10-14-9-12-4-5-13(14)8-12/h12-15H,4-11H2,1-3H3,(H,19,21). The Morgan fingerprint density at radius 3 is 2.46 bits per heavy atom. The van der Waals surface area contributed by atoms with Crippen LogP contribution in [0, 0.1) is 17.8 Å². The fraction of sp³-hybridized carbons (Fsp3) is 0.889. The Bertz CT molecular complexity index is 670. The van der Waals surface area contributed by atoms with Gasteiger partial charge in [-0.3, -0.25) is 9.52 Å². The van der Waals surface area contributed by atoms with E-state index in [4.69, 9.17) is 4.74 Å². The number of nitrogens with zero attached hydrogens (tertiary/aromatic N) is 1. The predicted octanol–water partition coefficient (Wildman–Crippen LogP) is 2.27. The molecule has 26 heavy (non-hydrogen) atoms. The van der Waals surface area contributed by atoms with Crippen molar-refractivity contribution in [1.82, 2.24) is 9.62 Å². The highest BCUT2D eigenvalue weighted by Gasteiger charge is 2.42. The number of hydrogen-bond acceptors (Lipinski definition) is 5. The Morgan fingerprint density at radius 1 is 1.15 bits per heavy atom. The zero-order valence-electron chi connectivity index (χ0n) is 15.9. The van der Waals surface area contributed by atoms with E-state index in [2.05, 4.69) is 4.72 Å². The van der Waals surface area contributed by atoms with Crippen molar-refractivity contribution in [1.29, 1.82) is 0 Å². The molecule has 1 aliphatic heterocycles. The average Bonchev–Trinajstić information content (AvgIpc) is 3.21. The Hall–Kier alpha value is -1.31. The number of amides is 2. The van der Waals surface area contributed by atoms with Gasteiger partial charge < -0.3 is 9.64 Å². The first-order valence-corrected chi connectivity index (χ1v) is 11.1. The van der Waals surface area contributed by atoms with E-state index in [0.29, 0.717) is 31.2 Å². The molecule has 1 saturated heterocycles. The molecule has 1 heterocycles. The maximum atomic E-state index is 12.5. The molecule has 2 aliphatic carbocycles. The number of likely N-dealkylation sites (tertiary alicyclic amines) is 1. The highest BCUT2D eigenvalue weighted by molar-refractivity contribution is 7.90. The predicted molar refractivity (Wildman–Crippen MR) is 96.8 cm³/mol. The van der Waals surface area contributed by atoms with Gasteiger partial charge in [-0.15, -0.1) is 0 Å². The van der Waals surface area contributed by atoms with Crippen molar-refractivity contribution in [2.24, 2.45) is 17.8 Å². The Balaban J connectivity index is 1.50. The van der Waals surface area contributed by atoms with Crippen molar-refractivity contribution in [3.8, 4) is 0 Å². The van der Waals surface area contributed by atoms with Crippen LogP contribution >= 0.6 is 0 Å². The molecule has 0 spiro atoms. The summed E-state index contributed by atoms with van der Waals surface area (Å²) in [6.07, 6.45) is 4.76. The van der Waals surface area contributed by atoms with Crippen LogP contribution in [0.15, 0.2) is 0 Å². The number of sulfonamides is 1. The second-order valence-electron chi connectivity index (χ2n) is 9.05. The first kappa shape index (κ1) is 19.5. The summed E-state index contributed by atoms with van der Waals surface area (Å²) in [6, 6.07) is 0. The molecule has 0 aromatic rings. The average molecular weight is 387 g/mol. The number of ether oxygens (including phenoxy) is 1. The van der Waals surface area contributed by atoms with E-state index in [9.17, 15) is 18.0 Å². The summed E-state index contributed by atoms with van der Waals surface area (Å²) in [5.74, 6) is 1.23. The summed E-state index contributed by atoms with van der Waals surface area (Å²) in [6.45, 7) is 5.69. The summed E-state index contributed by atoms with van der Waals surface area (Å²) in [7, 11) is -3.77. The molecule has 2 amide bonds. The first-order chi connectivity index (χ1) is 12.0. The maximum absolute atomic E-state index is 12.5. The number of carbonyl (C=O) groups excluding carboxylic acids is 2. The molecule has 4 atom stereocenters. The highest BCUT2D eigenvalue weighted by atomic mass is 32.2. The topological polar surface area (TPSA) is 92.8 Å². The molecule has 7 nitrogen and oxygen atoms in total. The van der Waals surface area contributed by atoms with Crippen LogP contribution in [-0.2, 0) is 19.6 Å². The summed E-state index contributed by atoms with van der Waals surface area (Å²) in [5.41, 5.74) is -0.622. The number of nitrogens with one attached hydrogen (secondary N) is 1. The molecular weight excluding hydrogens is 356 g/mol. The van der Waals surface area contributed by atoms with Crippen molar-refractivity contribution < 1.29 is 22.7 Å². The van der Waals surface area contributed by atoms with Gasteiger partial charge in [-0.2, -0.15) is 0 Å². The lowest BCUT2D eigenvalue weighted by Gasteiger charge is -2.24. The lowest BCUT2D eigenvalue weighted by Crippen LogP contribution is -2.42. The second kappa shape index (κ2) is 7.02. The Morgan fingerprint density at radius 2 is 1.88 bits per heavy atom. The first-order valence-electron chi connectivity index (χ1n) is 9.56. The molecule has 2 saturated carbocycles. The number of rotatable bonds is 4. The van der Waals surface area contributed by atoms with E-state index in [1.165, 1.54) is 24.2 Å². The van der Waals surface area contributed by atoms with E-state index in [-0.39, 0.29) is 6.54 Å². The molecule has 8 heteroatoms. The zero-order valence-corrected chi connectivity index (χ0v) is 16.7. The van der Waals surface area contributed by atoms with E-state index in [1.54, 1.807) is 20.8 Å². The van der Waals surface area contributed by atoms with E-state index >= 15 is 0 Å². The van der Waals surface area contributed by atoms with Crippen LogP contribution in [-0.4, -0.2) is 49.3 Å². The third-order valence-electron chi connectivity index (χ3n) is 5.82. The number of fused-ring (bicyclic) bond motifs is 2. The minimum absolute atomic E-state index is 0.0612. The molecule has 3 aliphatic rings. The smallest absolute Gasteiger partial charge is 0.410 e. The largest absolute Gasteiger partial charge is 0.444 e. The molecule has 0 radical (unpaired) electrons. The molecule has 2 bridgehead atoms. The second-order valence-corrected chi connectivity index (χ2v) is 11.0. The molecule has 1 N–H and O–H groups in total. The van der Waals surface area contributed by atoms with Gasteiger partial charge in [0.15, 0.2) is 0 Å². The molecule has 3 rings (SSSR count). The maximum Gasteiger partial charge on any atom is 0.410 e. The Kier molecular flexibility index (Phi) is 5.25. The molecule has 3 fully saturated rings. The monoisotopic (exact) mass is 386 g/mol. The lowest BCUT2D eigenvalue weighted by atomic mass is 9.86. The quantitative estimate of drug-likeness (QED) is 0.800. The van der Waals surface area contributed by atoms with Gasteiger partial charge in [0.05, 0.1) is 5.25 Å². The van der Waals surface area contributed by atoms with Gasteiger partial charge in [-0.25, -0.2) is 13.2 Å². The SMILES string of the molecule is CC(C)(C)OC(=O)N1CCC(S(=O)(=O)NC(=O)CC2CC3CCC2C3)C1. The molecule has 4 unspecified atom stereocenters. The number of carbonyl (C=O) groups is 2. The molecular formula is C18H30N2O5S. The van der Waals surface area contributed by atoms with Crippen molar-refractivity contribution in [2.45, 2.75) is 70.1 Å². The van der Waals surface area contributed by atoms with Crippen LogP contribution in [0.1, 0.15) is 59.3 Å². The van der Waals surface area contributed by atoms with Crippen LogP contribution in [0.2, 0.25) is 0 Å². The van der Waals surface area contributed by atoms with Crippen molar-refractivity contribution in [2.75, 3.05) is 13.1 Å². The third-order valence-corrected chi connectivity index (χ3v) is 7.60. The van der Waals surface area contributed by atoms with Gasteiger partial charge in [-0.05, 0) is 64.2 Å². The fourth-order valence-electron chi connectivity index (χ4n) is 4.62. The van der Waals surface area contributed by atoms with E-state index < -0.39 is 32.9 Å². The zero-order chi connectivity index (χ0) is 19.1. The summed E-state index contributed by atoms with van der Waals surface area (Å²) >= 11 is 0. The lowest BCUT2D eigenvalue weighted by molar-refractivity contribution is -0.120. The van der Waals surface area contributed by atoms with Gasteiger partial charge in [0.25, 0.3) is 0 Å². The third kappa shape index (κ3) is 4.50. The molecule has 0 aromatic carbocycles. The summed E-state index contributed by atoms with van der Waals surface area (Å²) < 4.78 is 32.6. The van der Waals surface area contributed by atoms with Crippen LogP contribution in [0.4, 0.5) is 4.79 Å². The van der Waals surface area contributed by atoms with Gasteiger partial charge >= 0.3 is 6.09 Å². The van der Waals surface area contributed by atoms with Gasteiger partial charge in [0.1, 0.15) is 5.60 Å².